The highest BCUT2D eigenvalue weighted by Crippen LogP contribution is 2.28. The van der Waals surface area contributed by atoms with E-state index in [2.05, 4.69) is 50.1 Å². The van der Waals surface area contributed by atoms with E-state index in [1.807, 2.05) is 30.3 Å². The first kappa shape index (κ1) is 19.1. The van der Waals surface area contributed by atoms with Crippen LogP contribution in [0.25, 0.3) is 11.5 Å². The normalized spacial score (nSPS) is 20.1. The summed E-state index contributed by atoms with van der Waals surface area (Å²) in [4.78, 5) is 6.98. The van der Waals surface area contributed by atoms with Crippen LogP contribution in [-0.2, 0) is 6.54 Å². The van der Waals surface area contributed by atoms with Crippen molar-refractivity contribution in [1.82, 2.24) is 9.88 Å². The van der Waals surface area contributed by atoms with Gasteiger partial charge in [0.05, 0.1) is 5.69 Å². The number of halogens is 2. The fourth-order valence-corrected chi connectivity index (χ4v) is 3.69. The number of likely N-dealkylation sites (tertiary alicyclic amines) is 1. The number of benzene rings is 2. The monoisotopic (exact) mass is 433 g/mol. The standard InChI is InChI=1S/C20H20BrN3O.ClH/c21-16-8-6-15(7-9-16)20-23-17(13-25-20)10-24-11-18(19(22)12-24)14-4-2-1-3-5-14;/h1-9,13,18-19H,10-12,22H2;1H/t18-,19+;/m0./s1. The molecule has 0 aliphatic carbocycles. The van der Waals surface area contributed by atoms with Crippen molar-refractivity contribution in [1.29, 1.82) is 0 Å². The molecule has 1 fully saturated rings. The molecule has 2 atom stereocenters. The smallest absolute Gasteiger partial charge is 0.226 e. The lowest BCUT2D eigenvalue weighted by molar-refractivity contribution is 0.319. The first-order chi connectivity index (χ1) is 12.2. The van der Waals surface area contributed by atoms with Crippen LogP contribution in [0.1, 0.15) is 17.2 Å². The second-order valence-electron chi connectivity index (χ2n) is 6.53. The number of aromatic nitrogens is 1. The van der Waals surface area contributed by atoms with Crippen LogP contribution < -0.4 is 5.73 Å². The van der Waals surface area contributed by atoms with Gasteiger partial charge in [-0.15, -0.1) is 12.4 Å². The van der Waals surface area contributed by atoms with Gasteiger partial charge in [0.2, 0.25) is 5.89 Å². The summed E-state index contributed by atoms with van der Waals surface area (Å²) in [6.07, 6.45) is 1.75. The molecule has 26 heavy (non-hydrogen) atoms. The average molecular weight is 435 g/mol. The average Bonchev–Trinajstić information content (AvgIpc) is 3.23. The SMILES string of the molecule is Cl.N[C@@H]1CN(Cc2coc(-c3ccc(Br)cc3)n2)C[C@H]1c1ccccc1. The molecular weight excluding hydrogens is 414 g/mol. The third-order valence-corrected chi connectivity index (χ3v) is 5.23. The first-order valence-electron chi connectivity index (χ1n) is 8.42. The highest BCUT2D eigenvalue weighted by Gasteiger charge is 2.31. The van der Waals surface area contributed by atoms with E-state index < -0.39 is 0 Å². The third-order valence-electron chi connectivity index (χ3n) is 4.70. The lowest BCUT2D eigenvalue weighted by Crippen LogP contribution is -2.28. The van der Waals surface area contributed by atoms with Crippen LogP contribution in [0.4, 0.5) is 0 Å². The van der Waals surface area contributed by atoms with E-state index in [1.165, 1.54) is 5.56 Å². The van der Waals surface area contributed by atoms with Crippen LogP contribution >= 0.6 is 28.3 Å². The molecule has 6 heteroatoms. The molecule has 4 rings (SSSR count). The zero-order chi connectivity index (χ0) is 17.2. The van der Waals surface area contributed by atoms with Crippen LogP contribution in [-0.4, -0.2) is 29.0 Å². The van der Waals surface area contributed by atoms with Gasteiger partial charge in [0, 0.05) is 41.6 Å². The Balaban J connectivity index is 0.00000196. The zero-order valence-corrected chi connectivity index (χ0v) is 16.6. The van der Waals surface area contributed by atoms with Crippen molar-refractivity contribution in [3.05, 3.63) is 76.6 Å². The minimum absolute atomic E-state index is 0. The molecule has 1 aromatic heterocycles. The molecule has 0 unspecified atom stereocenters. The summed E-state index contributed by atoms with van der Waals surface area (Å²) in [6.45, 7) is 2.59. The Morgan fingerprint density at radius 1 is 1.08 bits per heavy atom. The Kier molecular flexibility index (Phi) is 6.14. The number of oxazole rings is 1. The Morgan fingerprint density at radius 3 is 2.54 bits per heavy atom. The van der Waals surface area contributed by atoms with Crippen molar-refractivity contribution < 1.29 is 4.42 Å². The molecule has 0 bridgehead atoms. The summed E-state index contributed by atoms with van der Waals surface area (Å²) in [5.74, 6) is 1.03. The van der Waals surface area contributed by atoms with E-state index in [1.54, 1.807) is 6.26 Å². The van der Waals surface area contributed by atoms with E-state index in [-0.39, 0.29) is 18.4 Å². The number of hydrogen-bond acceptors (Lipinski definition) is 4. The molecule has 0 amide bonds. The largest absolute Gasteiger partial charge is 0.444 e. The molecular formula is C20H21BrClN3O. The summed E-state index contributed by atoms with van der Waals surface area (Å²) in [6, 6.07) is 18.6. The maximum Gasteiger partial charge on any atom is 0.226 e. The topological polar surface area (TPSA) is 55.3 Å². The van der Waals surface area contributed by atoms with E-state index in [0.717, 1.165) is 35.4 Å². The van der Waals surface area contributed by atoms with Crippen molar-refractivity contribution in [3.8, 4) is 11.5 Å². The van der Waals surface area contributed by atoms with Gasteiger partial charge >= 0.3 is 0 Å². The molecule has 136 valence electrons. The lowest BCUT2D eigenvalue weighted by atomic mass is 9.95. The molecule has 0 radical (unpaired) electrons. The molecule has 1 saturated heterocycles. The van der Waals surface area contributed by atoms with Crippen LogP contribution in [0.15, 0.2) is 69.8 Å². The van der Waals surface area contributed by atoms with E-state index in [9.17, 15) is 0 Å². The number of rotatable bonds is 4. The number of hydrogen-bond donors (Lipinski definition) is 1. The summed E-state index contributed by atoms with van der Waals surface area (Å²) >= 11 is 3.44. The minimum atomic E-state index is 0. The van der Waals surface area contributed by atoms with Gasteiger partial charge in [-0.05, 0) is 29.8 Å². The summed E-state index contributed by atoms with van der Waals surface area (Å²) < 4.78 is 6.70. The Labute approximate surface area is 167 Å². The Morgan fingerprint density at radius 2 is 1.81 bits per heavy atom. The molecule has 2 N–H and O–H groups in total. The molecule has 2 heterocycles. The van der Waals surface area contributed by atoms with E-state index in [0.29, 0.717) is 11.8 Å². The quantitative estimate of drug-likeness (QED) is 0.659. The number of nitrogens with zero attached hydrogens (tertiary/aromatic N) is 2. The predicted octanol–water partition coefficient (Wildman–Crippen LogP) is 4.45. The molecule has 0 saturated carbocycles. The highest BCUT2D eigenvalue weighted by molar-refractivity contribution is 9.10. The fourth-order valence-electron chi connectivity index (χ4n) is 3.43. The van der Waals surface area contributed by atoms with Gasteiger partial charge in [-0.25, -0.2) is 4.98 Å². The first-order valence-corrected chi connectivity index (χ1v) is 9.21. The van der Waals surface area contributed by atoms with Gasteiger partial charge in [0.1, 0.15) is 6.26 Å². The van der Waals surface area contributed by atoms with Crippen molar-refractivity contribution >= 4 is 28.3 Å². The number of nitrogens with two attached hydrogens (primary N) is 1. The van der Waals surface area contributed by atoms with Gasteiger partial charge in [-0.1, -0.05) is 46.3 Å². The minimum Gasteiger partial charge on any atom is -0.444 e. The second-order valence-corrected chi connectivity index (χ2v) is 7.44. The fraction of sp³-hybridized carbons (Fsp3) is 0.250. The Bertz CT molecular complexity index is 838. The van der Waals surface area contributed by atoms with Crippen LogP contribution in [0.2, 0.25) is 0 Å². The summed E-state index contributed by atoms with van der Waals surface area (Å²) in [7, 11) is 0. The molecule has 2 aromatic carbocycles. The van der Waals surface area contributed by atoms with Gasteiger partial charge in [-0.2, -0.15) is 0 Å². The van der Waals surface area contributed by atoms with Crippen molar-refractivity contribution in [2.75, 3.05) is 13.1 Å². The third kappa shape index (κ3) is 4.18. The highest BCUT2D eigenvalue weighted by atomic mass is 79.9. The second kappa shape index (κ2) is 8.35. The summed E-state index contributed by atoms with van der Waals surface area (Å²) in [5, 5.41) is 0. The van der Waals surface area contributed by atoms with Crippen LogP contribution in [0, 0.1) is 0 Å². The van der Waals surface area contributed by atoms with Crippen LogP contribution in [0.5, 0.6) is 0 Å². The maximum absolute atomic E-state index is 6.38. The van der Waals surface area contributed by atoms with Crippen molar-refractivity contribution in [2.24, 2.45) is 5.73 Å². The van der Waals surface area contributed by atoms with E-state index >= 15 is 0 Å². The van der Waals surface area contributed by atoms with Crippen molar-refractivity contribution in [3.63, 3.8) is 0 Å². The van der Waals surface area contributed by atoms with E-state index in [4.69, 9.17) is 10.2 Å². The predicted molar refractivity (Wildman–Crippen MR) is 109 cm³/mol. The molecule has 4 nitrogen and oxygen atoms in total. The Hall–Kier alpha value is -1.66. The molecule has 0 spiro atoms. The maximum atomic E-state index is 6.38. The summed E-state index contributed by atoms with van der Waals surface area (Å²) in [5.41, 5.74) is 9.61. The lowest BCUT2D eigenvalue weighted by Gasteiger charge is -2.14. The van der Waals surface area contributed by atoms with Gasteiger partial charge < -0.3 is 10.2 Å². The van der Waals surface area contributed by atoms with Crippen LogP contribution in [0.3, 0.4) is 0 Å². The molecule has 1 aliphatic heterocycles. The van der Waals surface area contributed by atoms with Gasteiger partial charge in [-0.3, -0.25) is 4.90 Å². The van der Waals surface area contributed by atoms with Crippen molar-refractivity contribution in [2.45, 2.75) is 18.5 Å². The molecule has 3 aromatic rings. The van der Waals surface area contributed by atoms with Gasteiger partial charge in [0.15, 0.2) is 0 Å². The zero-order valence-electron chi connectivity index (χ0n) is 14.2. The van der Waals surface area contributed by atoms with Gasteiger partial charge in [0.25, 0.3) is 0 Å². The molecule has 1 aliphatic rings.